The fraction of sp³-hybridized carbons (Fsp3) is 0.429. The van der Waals surface area contributed by atoms with E-state index < -0.39 is 9.84 Å². The minimum Gasteiger partial charge on any atom is -0.497 e. The van der Waals surface area contributed by atoms with Gasteiger partial charge in [-0.05, 0) is 31.0 Å². The number of hydrogen-bond acceptors (Lipinski definition) is 5. The first kappa shape index (κ1) is 14.1. The van der Waals surface area contributed by atoms with E-state index in [9.17, 15) is 13.2 Å². The van der Waals surface area contributed by atoms with Gasteiger partial charge in [0.25, 0.3) is 5.56 Å². The second-order valence-electron chi connectivity index (χ2n) is 5.23. The van der Waals surface area contributed by atoms with Crippen LogP contribution < -0.4 is 10.3 Å². The second kappa shape index (κ2) is 5.14. The molecule has 1 fully saturated rings. The summed E-state index contributed by atoms with van der Waals surface area (Å²) in [7, 11) is -1.38. The number of hydrogen-bond donors (Lipinski definition) is 0. The Balaban J connectivity index is 2.01. The molecule has 0 radical (unpaired) electrons. The highest BCUT2D eigenvalue weighted by molar-refractivity contribution is 7.91. The van der Waals surface area contributed by atoms with Crippen LogP contribution in [0.15, 0.2) is 29.2 Å². The molecule has 1 saturated heterocycles. The highest BCUT2D eigenvalue weighted by atomic mass is 32.2. The molecule has 0 N–H and O–H groups in total. The van der Waals surface area contributed by atoms with Crippen LogP contribution in [0.3, 0.4) is 0 Å². The topological polar surface area (TPSA) is 78.3 Å². The van der Waals surface area contributed by atoms with Crippen molar-refractivity contribution >= 4 is 20.6 Å². The minimum atomic E-state index is -2.95. The third-order valence-electron chi connectivity index (χ3n) is 3.89. The number of aromatic nitrogens is 2. The van der Waals surface area contributed by atoms with Gasteiger partial charge in [-0.2, -0.15) is 5.10 Å². The second-order valence-corrected chi connectivity index (χ2v) is 7.53. The maximum atomic E-state index is 12.5. The van der Waals surface area contributed by atoms with Gasteiger partial charge in [0.15, 0.2) is 0 Å². The van der Waals surface area contributed by atoms with Crippen LogP contribution in [0.4, 0.5) is 0 Å². The Morgan fingerprint density at radius 2 is 2.00 bits per heavy atom. The molecule has 0 atom stereocenters. The van der Waals surface area contributed by atoms with E-state index in [-0.39, 0.29) is 23.1 Å². The molecule has 0 unspecified atom stereocenters. The molecule has 0 bridgehead atoms. The number of nitrogens with zero attached hydrogens (tertiary/aromatic N) is 2. The zero-order valence-corrected chi connectivity index (χ0v) is 12.5. The number of methoxy groups -OCH3 is 1. The summed E-state index contributed by atoms with van der Waals surface area (Å²) in [5.74, 6) is 0.906. The van der Waals surface area contributed by atoms with Crippen LogP contribution in [0, 0.1) is 0 Å². The van der Waals surface area contributed by atoms with Gasteiger partial charge >= 0.3 is 0 Å². The van der Waals surface area contributed by atoms with Crippen LogP contribution in [-0.4, -0.2) is 36.8 Å². The lowest BCUT2D eigenvalue weighted by Gasteiger charge is -2.23. The molecular weight excluding hydrogens is 292 g/mol. The van der Waals surface area contributed by atoms with E-state index in [1.165, 1.54) is 4.68 Å². The van der Waals surface area contributed by atoms with Crippen molar-refractivity contribution in [1.29, 1.82) is 0 Å². The molecule has 3 rings (SSSR count). The molecule has 1 aliphatic heterocycles. The summed E-state index contributed by atoms with van der Waals surface area (Å²) in [6.07, 6.45) is 2.51. The van der Waals surface area contributed by atoms with Gasteiger partial charge in [-0.15, -0.1) is 0 Å². The van der Waals surface area contributed by atoms with Gasteiger partial charge in [0.05, 0.1) is 36.2 Å². The van der Waals surface area contributed by atoms with Gasteiger partial charge in [0.1, 0.15) is 15.6 Å². The quantitative estimate of drug-likeness (QED) is 0.832. The van der Waals surface area contributed by atoms with Crippen molar-refractivity contribution in [3.63, 3.8) is 0 Å². The predicted octanol–water partition coefficient (Wildman–Crippen LogP) is 1.15. The van der Waals surface area contributed by atoms with Crippen molar-refractivity contribution in [3.05, 3.63) is 34.7 Å². The summed E-state index contributed by atoms with van der Waals surface area (Å²) in [4.78, 5) is 12.5. The largest absolute Gasteiger partial charge is 0.497 e. The lowest BCUT2D eigenvalue weighted by molar-refractivity contribution is 0.398. The smallest absolute Gasteiger partial charge is 0.274 e. The molecule has 1 aromatic heterocycles. The standard InChI is InChI=1S/C14H16N2O4S/c1-20-12-2-3-13-10(8-12)9-15-16(14(13)17)11-4-6-21(18,19)7-5-11/h2-3,8-9,11H,4-7H2,1H3. The molecule has 21 heavy (non-hydrogen) atoms. The maximum Gasteiger partial charge on any atom is 0.274 e. The number of sulfone groups is 1. The fourth-order valence-electron chi connectivity index (χ4n) is 2.65. The Hall–Kier alpha value is -1.89. The van der Waals surface area contributed by atoms with E-state index in [1.807, 2.05) is 0 Å². The molecule has 0 spiro atoms. The van der Waals surface area contributed by atoms with Crippen LogP contribution >= 0.6 is 0 Å². The third kappa shape index (κ3) is 2.65. The molecule has 7 heteroatoms. The first-order chi connectivity index (χ1) is 10.00. The molecule has 1 aliphatic rings. The van der Waals surface area contributed by atoms with Crippen molar-refractivity contribution < 1.29 is 13.2 Å². The lowest BCUT2D eigenvalue weighted by Crippen LogP contribution is -2.33. The summed E-state index contributed by atoms with van der Waals surface area (Å²) < 4.78 is 29.5. The van der Waals surface area contributed by atoms with Gasteiger partial charge < -0.3 is 4.74 Å². The Morgan fingerprint density at radius 3 is 2.67 bits per heavy atom. The number of ether oxygens (including phenoxy) is 1. The zero-order chi connectivity index (χ0) is 15.0. The summed E-state index contributed by atoms with van der Waals surface area (Å²) in [5.41, 5.74) is -0.181. The van der Waals surface area contributed by atoms with E-state index in [0.717, 1.165) is 5.39 Å². The molecule has 2 heterocycles. The number of rotatable bonds is 2. The van der Waals surface area contributed by atoms with Crippen LogP contribution in [-0.2, 0) is 9.84 Å². The number of benzene rings is 1. The summed E-state index contributed by atoms with van der Waals surface area (Å²) >= 11 is 0. The molecule has 2 aromatic rings. The van der Waals surface area contributed by atoms with Crippen LogP contribution in [0.2, 0.25) is 0 Å². The van der Waals surface area contributed by atoms with E-state index >= 15 is 0 Å². The zero-order valence-electron chi connectivity index (χ0n) is 11.7. The van der Waals surface area contributed by atoms with Crippen LogP contribution in [0.5, 0.6) is 5.75 Å². The first-order valence-electron chi connectivity index (χ1n) is 6.76. The Morgan fingerprint density at radius 1 is 1.29 bits per heavy atom. The Bertz CT molecular complexity index is 828. The third-order valence-corrected chi connectivity index (χ3v) is 5.60. The average molecular weight is 308 g/mol. The van der Waals surface area contributed by atoms with Crippen molar-refractivity contribution in [3.8, 4) is 5.75 Å². The van der Waals surface area contributed by atoms with Gasteiger partial charge in [0.2, 0.25) is 0 Å². The van der Waals surface area contributed by atoms with Gasteiger partial charge in [-0.1, -0.05) is 0 Å². The van der Waals surface area contributed by atoms with E-state index in [1.54, 1.807) is 31.5 Å². The fourth-order valence-corrected chi connectivity index (χ4v) is 4.12. The molecular formula is C14H16N2O4S. The SMILES string of the molecule is COc1ccc2c(=O)n(C3CCS(=O)(=O)CC3)ncc2c1. The minimum absolute atomic E-state index is 0.117. The predicted molar refractivity (Wildman–Crippen MR) is 79.5 cm³/mol. The number of fused-ring (bicyclic) bond motifs is 1. The van der Waals surface area contributed by atoms with Crippen molar-refractivity contribution in [2.24, 2.45) is 0 Å². The average Bonchev–Trinajstić information content (AvgIpc) is 2.48. The van der Waals surface area contributed by atoms with Crippen molar-refractivity contribution in [1.82, 2.24) is 9.78 Å². The molecule has 0 aliphatic carbocycles. The summed E-state index contributed by atoms with van der Waals surface area (Å²) in [5, 5.41) is 5.50. The molecule has 1 aromatic carbocycles. The van der Waals surface area contributed by atoms with Crippen molar-refractivity contribution in [2.45, 2.75) is 18.9 Å². The maximum absolute atomic E-state index is 12.5. The molecule has 112 valence electrons. The Kier molecular flexibility index (Phi) is 3.44. The van der Waals surface area contributed by atoms with Crippen LogP contribution in [0.25, 0.3) is 10.8 Å². The summed E-state index contributed by atoms with van der Waals surface area (Å²) in [6, 6.07) is 5.07. The van der Waals surface area contributed by atoms with Gasteiger partial charge in [-0.3, -0.25) is 4.79 Å². The Labute approximate surface area is 122 Å². The monoisotopic (exact) mass is 308 g/mol. The van der Waals surface area contributed by atoms with Gasteiger partial charge in [0, 0.05) is 5.39 Å². The molecule has 6 nitrogen and oxygen atoms in total. The van der Waals surface area contributed by atoms with Crippen LogP contribution in [0.1, 0.15) is 18.9 Å². The normalized spacial score (nSPS) is 18.7. The molecule has 0 amide bonds. The molecule has 0 saturated carbocycles. The summed E-state index contributed by atoms with van der Waals surface area (Å²) in [6.45, 7) is 0. The van der Waals surface area contributed by atoms with E-state index in [2.05, 4.69) is 5.10 Å². The first-order valence-corrected chi connectivity index (χ1v) is 8.58. The lowest BCUT2D eigenvalue weighted by atomic mass is 10.1. The van der Waals surface area contributed by atoms with Gasteiger partial charge in [-0.25, -0.2) is 13.1 Å². The highest BCUT2D eigenvalue weighted by Gasteiger charge is 2.26. The highest BCUT2D eigenvalue weighted by Crippen LogP contribution is 2.23. The van der Waals surface area contributed by atoms with E-state index in [0.29, 0.717) is 24.0 Å². The van der Waals surface area contributed by atoms with Crippen molar-refractivity contribution in [2.75, 3.05) is 18.6 Å². The van der Waals surface area contributed by atoms with E-state index in [4.69, 9.17) is 4.74 Å².